The molecule has 2 rings (SSSR count). The lowest BCUT2D eigenvalue weighted by atomic mass is 10.0. The summed E-state index contributed by atoms with van der Waals surface area (Å²) in [6.45, 7) is 2.90. The molecule has 0 bridgehead atoms. The quantitative estimate of drug-likeness (QED) is 0.907. The average Bonchev–Trinajstić information content (AvgIpc) is 2.50. The molecule has 122 valence electrons. The maximum atomic E-state index is 13.8. The zero-order valence-corrected chi connectivity index (χ0v) is 12.6. The minimum absolute atomic E-state index is 0.0958. The molecule has 0 aromatic heterocycles. The van der Waals surface area contributed by atoms with Crippen molar-refractivity contribution in [2.45, 2.75) is 26.0 Å². The smallest absolute Gasteiger partial charge is 0.254 e. The molecule has 2 aromatic rings. The van der Waals surface area contributed by atoms with Crippen LogP contribution in [0.1, 0.15) is 34.5 Å². The van der Waals surface area contributed by atoms with Gasteiger partial charge in [-0.05, 0) is 49.2 Å². The fraction of sp³-hybridized carbons (Fsp3) is 0.235. The Morgan fingerprint density at radius 2 is 1.70 bits per heavy atom. The van der Waals surface area contributed by atoms with Gasteiger partial charge in [-0.3, -0.25) is 4.79 Å². The minimum atomic E-state index is -1.11. The highest BCUT2D eigenvalue weighted by atomic mass is 19.1. The third kappa shape index (κ3) is 3.90. The number of hydrogen-bond donors (Lipinski definition) is 2. The second-order valence-electron chi connectivity index (χ2n) is 5.34. The topological polar surface area (TPSA) is 49.3 Å². The maximum Gasteiger partial charge on any atom is 0.254 e. The van der Waals surface area contributed by atoms with Crippen LogP contribution in [0.25, 0.3) is 0 Å². The molecule has 0 aliphatic heterocycles. The van der Waals surface area contributed by atoms with Crippen molar-refractivity contribution in [1.82, 2.24) is 5.32 Å². The Balaban J connectivity index is 2.13. The molecule has 0 saturated heterocycles. The van der Waals surface area contributed by atoms with Crippen LogP contribution >= 0.6 is 0 Å². The fourth-order valence-corrected chi connectivity index (χ4v) is 2.13. The van der Waals surface area contributed by atoms with E-state index in [0.717, 1.165) is 12.1 Å². The lowest BCUT2D eigenvalue weighted by Gasteiger charge is -2.21. The largest absolute Gasteiger partial charge is 0.386 e. The Labute approximate surface area is 131 Å². The second kappa shape index (κ2) is 6.83. The standard InChI is InChI=1S/C17H16F3NO2/c1-9-7-15(20)13(8-14(9)19)17(23)21-10(2)16(22)11-3-5-12(18)6-4-11/h3-8,10,16,22H,1-2H3,(H,21,23). The van der Waals surface area contributed by atoms with Crippen LogP contribution in [-0.4, -0.2) is 17.1 Å². The van der Waals surface area contributed by atoms with Gasteiger partial charge >= 0.3 is 0 Å². The molecular weight excluding hydrogens is 307 g/mol. The van der Waals surface area contributed by atoms with Gasteiger partial charge in [0.25, 0.3) is 5.91 Å². The van der Waals surface area contributed by atoms with Crippen LogP contribution in [-0.2, 0) is 0 Å². The first-order valence-corrected chi connectivity index (χ1v) is 6.99. The highest BCUT2D eigenvalue weighted by molar-refractivity contribution is 5.94. The summed E-state index contributed by atoms with van der Waals surface area (Å²) < 4.78 is 40.1. The molecule has 0 radical (unpaired) electrons. The summed E-state index contributed by atoms with van der Waals surface area (Å²) >= 11 is 0. The van der Waals surface area contributed by atoms with Gasteiger partial charge < -0.3 is 10.4 Å². The number of amides is 1. The van der Waals surface area contributed by atoms with Gasteiger partial charge in [-0.2, -0.15) is 0 Å². The summed E-state index contributed by atoms with van der Waals surface area (Å²) in [6, 6.07) is 6.10. The fourth-order valence-electron chi connectivity index (χ4n) is 2.13. The molecule has 0 fully saturated rings. The van der Waals surface area contributed by atoms with Crippen molar-refractivity contribution in [1.29, 1.82) is 0 Å². The minimum Gasteiger partial charge on any atom is -0.386 e. The van der Waals surface area contributed by atoms with E-state index in [9.17, 15) is 23.1 Å². The summed E-state index contributed by atoms with van der Waals surface area (Å²) in [6.07, 6.45) is -1.11. The van der Waals surface area contributed by atoms with Crippen LogP contribution in [0.2, 0.25) is 0 Å². The van der Waals surface area contributed by atoms with Gasteiger partial charge in [-0.15, -0.1) is 0 Å². The van der Waals surface area contributed by atoms with Crippen LogP contribution in [0.4, 0.5) is 13.2 Å². The third-order valence-electron chi connectivity index (χ3n) is 3.54. The number of carbonyl (C=O) groups excluding carboxylic acids is 1. The van der Waals surface area contributed by atoms with E-state index in [1.165, 1.54) is 38.1 Å². The van der Waals surface area contributed by atoms with E-state index in [-0.39, 0.29) is 5.56 Å². The summed E-state index contributed by atoms with van der Waals surface area (Å²) in [7, 11) is 0. The summed E-state index contributed by atoms with van der Waals surface area (Å²) in [4.78, 5) is 12.0. The Kier molecular flexibility index (Phi) is 5.05. The highest BCUT2D eigenvalue weighted by Crippen LogP contribution is 2.19. The normalized spacial score (nSPS) is 13.5. The molecule has 0 heterocycles. The molecular formula is C17H16F3NO2. The number of aliphatic hydroxyl groups excluding tert-OH is 1. The SMILES string of the molecule is Cc1cc(F)c(C(=O)NC(C)C(O)c2ccc(F)cc2)cc1F. The molecule has 2 aromatic carbocycles. The van der Waals surface area contributed by atoms with Gasteiger partial charge in [0.2, 0.25) is 0 Å². The van der Waals surface area contributed by atoms with E-state index < -0.39 is 41.1 Å². The lowest BCUT2D eigenvalue weighted by Crippen LogP contribution is -2.37. The van der Waals surface area contributed by atoms with Crippen molar-refractivity contribution in [3.8, 4) is 0 Å². The first-order valence-electron chi connectivity index (χ1n) is 6.99. The Hall–Kier alpha value is -2.34. The molecule has 0 aliphatic rings. The number of halogens is 3. The lowest BCUT2D eigenvalue weighted by molar-refractivity contribution is 0.0847. The molecule has 3 nitrogen and oxygen atoms in total. The van der Waals surface area contributed by atoms with Crippen LogP contribution < -0.4 is 5.32 Å². The van der Waals surface area contributed by atoms with Crippen LogP contribution in [0.15, 0.2) is 36.4 Å². The van der Waals surface area contributed by atoms with E-state index in [1.54, 1.807) is 0 Å². The van der Waals surface area contributed by atoms with E-state index in [4.69, 9.17) is 0 Å². The molecule has 6 heteroatoms. The number of carbonyl (C=O) groups is 1. The van der Waals surface area contributed by atoms with Gasteiger partial charge in [0.15, 0.2) is 0 Å². The van der Waals surface area contributed by atoms with Crippen molar-refractivity contribution in [3.05, 3.63) is 70.5 Å². The Morgan fingerprint density at radius 3 is 2.30 bits per heavy atom. The second-order valence-corrected chi connectivity index (χ2v) is 5.34. The summed E-state index contributed by atoms with van der Waals surface area (Å²) in [5.74, 6) is -2.82. The third-order valence-corrected chi connectivity index (χ3v) is 3.54. The number of aliphatic hydroxyl groups is 1. The number of rotatable bonds is 4. The maximum absolute atomic E-state index is 13.8. The van der Waals surface area contributed by atoms with Gasteiger partial charge in [0.05, 0.1) is 17.7 Å². The molecule has 0 spiro atoms. The van der Waals surface area contributed by atoms with E-state index in [0.29, 0.717) is 5.56 Å². The molecule has 0 saturated carbocycles. The van der Waals surface area contributed by atoms with Crippen molar-refractivity contribution >= 4 is 5.91 Å². The van der Waals surface area contributed by atoms with E-state index in [1.807, 2.05) is 0 Å². The van der Waals surface area contributed by atoms with Gasteiger partial charge in [0.1, 0.15) is 17.5 Å². The molecule has 23 heavy (non-hydrogen) atoms. The first-order chi connectivity index (χ1) is 10.8. The molecule has 2 atom stereocenters. The zero-order chi connectivity index (χ0) is 17.1. The first kappa shape index (κ1) is 17.0. The highest BCUT2D eigenvalue weighted by Gasteiger charge is 2.21. The van der Waals surface area contributed by atoms with Crippen molar-refractivity contribution in [2.75, 3.05) is 0 Å². The molecule has 1 amide bonds. The summed E-state index contributed by atoms with van der Waals surface area (Å²) in [5.41, 5.74) is 0.0551. The number of hydrogen-bond acceptors (Lipinski definition) is 2. The van der Waals surface area contributed by atoms with E-state index in [2.05, 4.69) is 5.32 Å². The predicted molar refractivity (Wildman–Crippen MR) is 79.4 cm³/mol. The monoisotopic (exact) mass is 323 g/mol. The van der Waals surface area contributed by atoms with Crippen LogP contribution in [0, 0.1) is 24.4 Å². The van der Waals surface area contributed by atoms with Crippen molar-refractivity contribution in [3.63, 3.8) is 0 Å². The van der Waals surface area contributed by atoms with Crippen LogP contribution in [0.5, 0.6) is 0 Å². The summed E-state index contributed by atoms with van der Waals surface area (Å²) in [5, 5.41) is 12.5. The Bertz CT molecular complexity index is 717. The van der Waals surface area contributed by atoms with E-state index >= 15 is 0 Å². The van der Waals surface area contributed by atoms with Crippen LogP contribution in [0.3, 0.4) is 0 Å². The molecule has 2 unspecified atom stereocenters. The molecule has 2 N–H and O–H groups in total. The number of benzene rings is 2. The van der Waals surface area contributed by atoms with Gasteiger partial charge in [-0.25, -0.2) is 13.2 Å². The van der Waals surface area contributed by atoms with Gasteiger partial charge in [-0.1, -0.05) is 12.1 Å². The number of aryl methyl sites for hydroxylation is 1. The predicted octanol–water partition coefficient (Wildman–Crippen LogP) is 3.26. The Morgan fingerprint density at radius 1 is 1.09 bits per heavy atom. The van der Waals surface area contributed by atoms with Gasteiger partial charge in [0, 0.05) is 0 Å². The number of nitrogens with one attached hydrogen (secondary N) is 1. The zero-order valence-electron chi connectivity index (χ0n) is 12.6. The average molecular weight is 323 g/mol. The van der Waals surface area contributed by atoms with Crippen molar-refractivity contribution in [2.24, 2.45) is 0 Å². The molecule has 0 aliphatic carbocycles. The van der Waals surface area contributed by atoms with Crippen molar-refractivity contribution < 1.29 is 23.1 Å².